The third-order valence-corrected chi connectivity index (χ3v) is 3.74. The molecule has 20 heavy (non-hydrogen) atoms. The number of rotatable bonds is 5. The Balaban J connectivity index is 2.55. The fourth-order valence-electron chi connectivity index (χ4n) is 1.94. The van der Waals surface area contributed by atoms with E-state index in [0.29, 0.717) is 15.7 Å². The smallest absolute Gasteiger partial charge is 0.173 e. The molecule has 0 aliphatic heterocycles. The first-order valence-electron chi connectivity index (χ1n) is 6.24. The summed E-state index contributed by atoms with van der Waals surface area (Å²) in [5, 5.41) is 21.8. The van der Waals surface area contributed by atoms with Crippen LogP contribution < -0.4 is 5.73 Å². The van der Waals surface area contributed by atoms with Gasteiger partial charge in [0.1, 0.15) is 5.03 Å². The van der Waals surface area contributed by atoms with Crippen LogP contribution in [0.1, 0.15) is 30.7 Å². The Labute approximate surface area is 120 Å². The molecule has 106 valence electrons. The molecular weight excluding hydrogens is 276 g/mol. The summed E-state index contributed by atoms with van der Waals surface area (Å²) in [5.74, 6) is 0.0421. The average molecular weight is 292 g/mol. The second-order valence-corrected chi connectivity index (χ2v) is 4.97. The maximum absolute atomic E-state index is 9.00. The average Bonchev–Trinajstić information content (AvgIpc) is 2.98. The lowest BCUT2D eigenvalue weighted by Crippen LogP contribution is -2.20. The van der Waals surface area contributed by atoms with Crippen molar-refractivity contribution in [1.29, 1.82) is 0 Å². The number of amidine groups is 1. The van der Waals surface area contributed by atoms with E-state index in [-0.39, 0.29) is 5.84 Å². The van der Waals surface area contributed by atoms with Crippen molar-refractivity contribution < 1.29 is 5.21 Å². The van der Waals surface area contributed by atoms with Crippen molar-refractivity contribution in [2.75, 3.05) is 0 Å². The number of nitrogens with one attached hydrogen (secondary N) is 1. The van der Waals surface area contributed by atoms with Crippen LogP contribution >= 0.6 is 11.8 Å². The minimum atomic E-state index is 0.0421. The van der Waals surface area contributed by atoms with Gasteiger partial charge in [0, 0.05) is 12.4 Å². The predicted octanol–water partition coefficient (Wildman–Crippen LogP) is 1.57. The molecule has 0 radical (unpaired) electrons. The van der Waals surface area contributed by atoms with Crippen LogP contribution in [-0.4, -0.2) is 31.2 Å². The number of imidazole rings is 1. The number of H-pyrrole nitrogens is 1. The van der Waals surface area contributed by atoms with Gasteiger partial charge in [0.2, 0.25) is 0 Å². The molecule has 0 atom stereocenters. The molecule has 0 saturated heterocycles. The molecule has 2 heterocycles. The molecule has 0 fully saturated rings. The van der Waals surface area contributed by atoms with Gasteiger partial charge in [-0.25, -0.2) is 4.98 Å². The molecule has 0 spiro atoms. The third kappa shape index (κ3) is 2.74. The Morgan fingerprint density at radius 3 is 2.75 bits per heavy atom. The quantitative estimate of drug-likeness (QED) is 0.334. The Kier molecular flexibility index (Phi) is 4.57. The van der Waals surface area contributed by atoms with Crippen LogP contribution in [0.15, 0.2) is 27.7 Å². The maximum atomic E-state index is 9.00. The molecule has 2 rings (SSSR count). The highest BCUT2D eigenvalue weighted by Gasteiger charge is 2.19. The first kappa shape index (κ1) is 14.3. The minimum Gasteiger partial charge on any atom is -0.409 e. The van der Waals surface area contributed by atoms with E-state index in [0.717, 1.165) is 24.1 Å². The van der Waals surface area contributed by atoms with Gasteiger partial charge < -0.3 is 15.9 Å². The predicted molar refractivity (Wildman–Crippen MR) is 76.0 cm³/mol. The molecule has 0 saturated carbocycles. The molecule has 2 aromatic rings. The number of nitrogens with zero attached hydrogens (tertiary/aromatic N) is 4. The fourth-order valence-corrected chi connectivity index (χ4v) is 2.77. The molecule has 2 aromatic heterocycles. The van der Waals surface area contributed by atoms with Crippen molar-refractivity contribution in [2.24, 2.45) is 10.9 Å². The fraction of sp³-hybridized carbons (Fsp3) is 0.333. The van der Waals surface area contributed by atoms with Crippen molar-refractivity contribution in [3.8, 4) is 0 Å². The molecule has 7 nitrogen and oxygen atoms in total. The minimum absolute atomic E-state index is 0.0421. The zero-order chi connectivity index (χ0) is 14.5. The van der Waals surface area contributed by atoms with Crippen LogP contribution in [0, 0.1) is 0 Å². The monoisotopic (exact) mass is 292 g/mol. The van der Waals surface area contributed by atoms with E-state index in [9.17, 15) is 0 Å². The van der Waals surface area contributed by atoms with E-state index in [2.05, 4.69) is 25.3 Å². The molecule has 0 amide bonds. The normalized spacial score (nSPS) is 11.8. The number of oxime groups is 1. The van der Waals surface area contributed by atoms with Crippen molar-refractivity contribution in [2.45, 2.75) is 36.9 Å². The van der Waals surface area contributed by atoms with Gasteiger partial charge in [-0.05, 0) is 30.2 Å². The van der Waals surface area contributed by atoms with Crippen LogP contribution in [0.25, 0.3) is 0 Å². The molecule has 8 heteroatoms. The zero-order valence-corrected chi connectivity index (χ0v) is 12.1. The zero-order valence-electron chi connectivity index (χ0n) is 11.3. The lowest BCUT2D eigenvalue weighted by molar-refractivity contribution is 0.318. The van der Waals surface area contributed by atoms with Gasteiger partial charge in [-0.1, -0.05) is 19.0 Å². The summed E-state index contributed by atoms with van der Waals surface area (Å²) < 4.78 is 0. The highest BCUT2D eigenvalue weighted by molar-refractivity contribution is 7.99. The van der Waals surface area contributed by atoms with Crippen molar-refractivity contribution in [3.63, 3.8) is 0 Å². The summed E-state index contributed by atoms with van der Waals surface area (Å²) >= 11 is 1.30. The van der Waals surface area contributed by atoms with E-state index in [4.69, 9.17) is 10.9 Å². The number of aromatic nitrogens is 4. The number of hydrogen-bond acceptors (Lipinski definition) is 6. The molecular formula is C12H16N6OS. The van der Waals surface area contributed by atoms with Gasteiger partial charge in [0.05, 0.1) is 11.3 Å². The highest BCUT2D eigenvalue weighted by Crippen LogP contribution is 2.28. The van der Waals surface area contributed by atoms with Gasteiger partial charge in [0.15, 0.2) is 11.0 Å². The van der Waals surface area contributed by atoms with E-state index in [1.807, 2.05) is 13.8 Å². The largest absolute Gasteiger partial charge is 0.409 e. The first-order valence-corrected chi connectivity index (χ1v) is 7.06. The van der Waals surface area contributed by atoms with Crippen molar-refractivity contribution in [1.82, 2.24) is 20.2 Å². The van der Waals surface area contributed by atoms with Gasteiger partial charge in [-0.15, -0.1) is 5.10 Å². The first-order chi connectivity index (χ1) is 9.71. The van der Waals surface area contributed by atoms with E-state index < -0.39 is 0 Å². The van der Waals surface area contributed by atoms with Crippen molar-refractivity contribution >= 4 is 17.6 Å². The number of nitrogens with two attached hydrogens (primary N) is 1. The lowest BCUT2D eigenvalue weighted by atomic mass is 10.0. The summed E-state index contributed by atoms with van der Waals surface area (Å²) in [5.41, 5.74) is 8.25. The molecule has 4 N–H and O–H groups in total. The number of aromatic amines is 1. The summed E-state index contributed by atoms with van der Waals surface area (Å²) in [7, 11) is 0. The SMILES string of the molecule is CCc1nnc(Sc2ncc[nH]2)c(/C(N)=N/O)c1CC. The van der Waals surface area contributed by atoms with E-state index >= 15 is 0 Å². The van der Waals surface area contributed by atoms with Gasteiger partial charge in [-0.2, -0.15) is 5.10 Å². The summed E-state index contributed by atoms with van der Waals surface area (Å²) in [6.07, 6.45) is 4.85. The van der Waals surface area contributed by atoms with E-state index in [1.54, 1.807) is 12.4 Å². The summed E-state index contributed by atoms with van der Waals surface area (Å²) in [4.78, 5) is 7.11. The third-order valence-electron chi connectivity index (χ3n) is 2.84. The maximum Gasteiger partial charge on any atom is 0.173 e. The molecule has 0 aromatic carbocycles. The molecule has 0 aliphatic rings. The molecule has 0 unspecified atom stereocenters. The van der Waals surface area contributed by atoms with Gasteiger partial charge in [0.25, 0.3) is 0 Å². The Bertz CT molecular complexity index is 611. The Morgan fingerprint density at radius 1 is 1.40 bits per heavy atom. The van der Waals surface area contributed by atoms with E-state index in [1.165, 1.54) is 11.8 Å². The number of aryl methyl sites for hydroxylation is 1. The second kappa shape index (κ2) is 6.38. The summed E-state index contributed by atoms with van der Waals surface area (Å²) in [6, 6.07) is 0. The standard InChI is InChI=1S/C12H16N6OS/c1-3-7-8(4-2)16-17-11(9(7)10(13)18-19)20-12-14-5-6-15-12/h5-6,19H,3-4H2,1-2H3,(H2,13,18)(H,14,15). The van der Waals surface area contributed by atoms with Gasteiger partial charge >= 0.3 is 0 Å². The van der Waals surface area contributed by atoms with Crippen LogP contribution in [0.3, 0.4) is 0 Å². The molecule has 0 bridgehead atoms. The van der Waals surface area contributed by atoms with Crippen LogP contribution in [0.2, 0.25) is 0 Å². The van der Waals surface area contributed by atoms with Gasteiger partial charge in [-0.3, -0.25) is 0 Å². The highest BCUT2D eigenvalue weighted by atomic mass is 32.2. The molecule has 0 aliphatic carbocycles. The van der Waals surface area contributed by atoms with Crippen LogP contribution in [0.5, 0.6) is 0 Å². The lowest BCUT2D eigenvalue weighted by Gasteiger charge is -2.13. The van der Waals surface area contributed by atoms with Crippen molar-refractivity contribution in [3.05, 3.63) is 29.2 Å². The Morgan fingerprint density at radius 2 is 2.20 bits per heavy atom. The Hall–Kier alpha value is -2.09. The second-order valence-electron chi connectivity index (χ2n) is 3.99. The van der Waals surface area contributed by atoms with Crippen LogP contribution in [0.4, 0.5) is 0 Å². The summed E-state index contributed by atoms with van der Waals surface area (Å²) in [6.45, 7) is 4.00. The van der Waals surface area contributed by atoms with Crippen LogP contribution in [-0.2, 0) is 12.8 Å². The number of hydrogen-bond donors (Lipinski definition) is 3. The topological polar surface area (TPSA) is 113 Å².